The van der Waals surface area contributed by atoms with Crippen LogP contribution in [0.15, 0.2) is 41.3 Å². The molecule has 1 saturated heterocycles. The van der Waals surface area contributed by atoms with Crippen LogP contribution in [-0.2, 0) is 20.9 Å². The monoisotopic (exact) mass is 289 g/mol. The van der Waals surface area contributed by atoms with Crippen LogP contribution in [0.5, 0.6) is 0 Å². The Kier molecular flexibility index (Phi) is 3.53. The number of rotatable bonds is 4. The van der Waals surface area contributed by atoms with Gasteiger partial charge in [0, 0.05) is 4.91 Å². The molecule has 0 aliphatic carbocycles. The molecule has 1 amide bonds. The molecule has 0 unspecified atom stereocenters. The second-order valence-corrected chi connectivity index (χ2v) is 5.72. The molecule has 1 fully saturated rings. The lowest BCUT2D eigenvalue weighted by molar-refractivity contribution is -0.160. The Morgan fingerprint density at radius 1 is 1.40 bits per heavy atom. The Morgan fingerprint density at radius 3 is 2.80 bits per heavy atom. The van der Waals surface area contributed by atoms with Crippen molar-refractivity contribution in [1.82, 2.24) is 4.90 Å². The summed E-state index contributed by atoms with van der Waals surface area (Å²) in [5.41, 5.74) is 0.944. The third-order valence-corrected chi connectivity index (χ3v) is 4.45. The van der Waals surface area contributed by atoms with Crippen LogP contribution >= 0.6 is 11.8 Å². The third-order valence-electron chi connectivity index (χ3n) is 3.62. The van der Waals surface area contributed by atoms with E-state index in [-0.39, 0.29) is 24.5 Å². The van der Waals surface area contributed by atoms with E-state index >= 15 is 0 Å². The fourth-order valence-electron chi connectivity index (χ4n) is 2.56. The molecule has 0 bridgehead atoms. The average molecular weight is 289 g/mol. The second kappa shape index (κ2) is 5.32. The normalized spacial score (nSPS) is 23.9. The fourth-order valence-corrected chi connectivity index (χ4v) is 3.29. The lowest BCUT2D eigenvalue weighted by atomic mass is 10.0. The van der Waals surface area contributed by atoms with Crippen molar-refractivity contribution in [2.75, 3.05) is 6.26 Å². The standard InChI is InChI=1S/C15H15NO3S/c1-20-12-7-11-8-13(17)16(11)14(12)15(18)19-9-10-5-3-2-4-6-10/h2-7,11,14H,8-9H2,1H3/t11-,14-/m1/s1. The molecule has 0 radical (unpaired) electrons. The molecule has 3 rings (SSSR count). The van der Waals surface area contributed by atoms with Gasteiger partial charge in [-0.15, -0.1) is 11.8 Å². The van der Waals surface area contributed by atoms with Crippen LogP contribution < -0.4 is 0 Å². The fraction of sp³-hybridized carbons (Fsp3) is 0.333. The first-order chi connectivity index (χ1) is 9.70. The van der Waals surface area contributed by atoms with Gasteiger partial charge in [0.15, 0.2) is 6.04 Å². The number of β-lactam (4-membered cyclic amide) rings is 1. The molecule has 20 heavy (non-hydrogen) atoms. The SMILES string of the molecule is CSC1=C[C@@H]2CC(=O)N2[C@H]1C(=O)OCc1ccccc1. The van der Waals surface area contributed by atoms with E-state index in [1.807, 2.05) is 42.7 Å². The Labute approximate surface area is 121 Å². The Hall–Kier alpha value is -1.75. The van der Waals surface area contributed by atoms with Crippen LogP contribution in [0.25, 0.3) is 0 Å². The number of benzene rings is 1. The number of carbonyl (C=O) groups excluding carboxylic acids is 2. The highest BCUT2D eigenvalue weighted by molar-refractivity contribution is 8.02. The Morgan fingerprint density at radius 2 is 2.15 bits per heavy atom. The highest BCUT2D eigenvalue weighted by Gasteiger charge is 2.49. The maximum Gasteiger partial charge on any atom is 0.334 e. The van der Waals surface area contributed by atoms with Crippen molar-refractivity contribution in [2.45, 2.75) is 25.1 Å². The summed E-state index contributed by atoms with van der Waals surface area (Å²) < 4.78 is 5.36. The number of fused-ring (bicyclic) bond motifs is 1. The molecule has 2 aliphatic heterocycles. The van der Waals surface area contributed by atoms with E-state index in [4.69, 9.17) is 4.74 Å². The van der Waals surface area contributed by atoms with Gasteiger partial charge in [-0.05, 0) is 17.9 Å². The number of amides is 1. The average Bonchev–Trinajstić information content (AvgIpc) is 2.78. The van der Waals surface area contributed by atoms with Crippen LogP contribution in [0.2, 0.25) is 0 Å². The van der Waals surface area contributed by atoms with Gasteiger partial charge in [-0.3, -0.25) is 4.79 Å². The van der Waals surface area contributed by atoms with Gasteiger partial charge in [0.25, 0.3) is 0 Å². The molecule has 2 aliphatic rings. The topological polar surface area (TPSA) is 46.6 Å². The lowest BCUT2D eigenvalue weighted by Gasteiger charge is -2.37. The van der Waals surface area contributed by atoms with Crippen LogP contribution in [0.1, 0.15) is 12.0 Å². The number of nitrogens with zero attached hydrogens (tertiary/aromatic N) is 1. The zero-order valence-electron chi connectivity index (χ0n) is 11.1. The smallest absolute Gasteiger partial charge is 0.334 e. The van der Waals surface area contributed by atoms with E-state index in [0.717, 1.165) is 10.5 Å². The first-order valence-electron chi connectivity index (χ1n) is 6.48. The number of thioether (sulfide) groups is 1. The minimum Gasteiger partial charge on any atom is -0.459 e. The van der Waals surface area contributed by atoms with Gasteiger partial charge in [0.05, 0.1) is 12.5 Å². The van der Waals surface area contributed by atoms with Gasteiger partial charge in [-0.1, -0.05) is 30.3 Å². The molecular formula is C15H15NO3S. The van der Waals surface area contributed by atoms with Gasteiger partial charge in [0.2, 0.25) is 5.91 Å². The summed E-state index contributed by atoms with van der Waals surface area (Å²) in [5.74, 6) is -0.318. The molecule has 0 saturated carbocycles. The van der Waals surface area contributed by atoms with Crippen molar-refractivity contribution in [3.8, 4) is 0 Å². The maximum atomic E-state index is 12.3. The first kappa shape index (κ1) is 13.2. The van der Waals surface area contributed by atoms with E-state index < -0.39 is 6.04 Å². The highest BCUT2D eigenvalue weighted by Crippen LogP contribution is 2.38. The predicted octanol–water partition coefficient (Wildman–Crippen LogP) is 1.96. The van der Waals surface area contributed by atoms with Crippen molar-refractivity contribution < 1.29 is 14.3 Å². The third kappa shape index (κ3) is 2.22. The molecular weight excluding hydrogens is 274 g/mol. The summed E-state index contributed by atoms with van der Waals surface area (Å²) >= 11 is 1.51. The highest BCUT2D eigenvalue weighted by atomic mass is 32.2. The van der Waals surface area contributed by atoms with Gasteiger partial charge in [-0.2, -0.15) is 0 Å². The summed E-state index contributed by atoms with van der Waals surface area (Å²) in [5, 5.41) is 0. The lowest BCUT2D eigenvalue weighted by Crippen LogP contribution is -2.55. The summed E-state index contributed by atoms with van der Waals surface area (Å²) in [6.45, 7) is 0.241. The largest absolute Gasteiger partial charge is 0.459 e. The van der Waals surface area contributed by atoms with E-state index in [0.29, 0.717) is 6.42 Å². The van der Waals surface area contributed by atoms with Gasteiger partial charge < -0.3 is 9.64 Å². The minimum atomic E-state index is -0.542. The summed E-state index contributed by atoms with van der Waals surface area (Å²) in [6.07, 6.45) is 4.42. The van der Waals surface area contributed by atoms with Crippen LogP contribution in [-0.4, -0.2) is 35.1 Å². The van der Waals surface area contributed by atoms with Crippen molar-refractivity contribution >= 4 is 23.6 Å². The number of hydrogen-bond acceptors (Lipinski definition) is 4. The van der Waals surface area contributed by atoms with Gasteiger partial charge >= 0.3 is 5.97 Å². The molecule has 0 aromatic heterocycles. The molecule has 1 aromatic rings. The van der Waals surface area contributed by atoms with Crippen LogP contribution in [0.3, 0.4) is 0 Å². The number of carbonyl (C=O) groups is 2. The quantitative estimate of drug-likeness (QED) is 0.628. The molecule has 1 aromatic carbocycles. The van der Waals surface area contributed by atoms with Crippen molar-refractivity contribution in [3.63, 3.8) is 0 Å². The number of hydrogen-bond donors (Lipinski definition) is 0. The zero-order chi connectivity index (χ0) is 14.1. The van der Waals surface area contributed by atoms with E-state index in [1.54, 1.807) is 4.90 Å². The Bertz CT molecular complexity index is 570. The molecule has 104 valence electrons. The van der Waals surface area contributed by atoms with Crippen molar-refractivity contribution in [3.05, 3.63) is 46.9 Å². The molecule has 0 spiro atoms. The zero-order valence-corrected chi connectivity index (χ0v) is 11.9. The second-order valence-electron chi connectivity index (χ2n) is 4.84. The maximum absolute atomic E-state index is 12.3. The van der Waals surface area contributed by atoms with Crippen molar-refractivity contribution in [2.24, 2.45) is 0 Å². The predicted molar refractivity (Wildman–Crippen MR) is 76.9 cm³/mol. The van der Waals surface area contributed by atoms with Gasteiger partial charge in [-0.25, -0.2) is 4.79 Å². The minimum absolute atomic E-state index is 0.0250. The van der Waals surface area contributed by atoms with E-state index in [2.05, 4.69) is 0 Å². The number of esters is 1. The first-order valence-corrected chi connectivity index (χ1v) is 7.70. The van der Waals surface area contributed by atoms with Crippen molar-refractivity contribution in [1.29, 1.82) is 0 Å². The summed E-state index contributed by atoms with van der Waals surface area (Å²) in [7, 11) is 0. The van der Waals surface area contributed by atoms with E-state index in [1.165, 1.54) is 11.8 Å². The molecule has 4 nitrogen and oxygen atoms in total. The summed E-state index contributed by atoms with van der Waals surface area (Å²) in [6, 6.07) is 9.08. The van der Waals surface area contributed by atoms with E-state index in [9.17, 15) is 9.59 Å². The summed E-state index contributed by atoms with van der Waals surface area (Å²) in [4.78, 5) is 26.4. The van der Waals surface area contributed by atoms with Crippen LogP contribution in [0.4, 0.5) is 0 Å². The number of ether oxygens (including phenoxy) is 1. The van der Waals surface area contributed by atoms with Crippen LogP contribution in [0, 0.1) is 0 Å². The Balaban J connectivity index is 1.67. The van der Waals surface area contributed by atoms with Gasteiger partial charge in [0.1, 0.15) is 6.61 Å². The molecule has 0 N–H and O–H groups in total. The molecule has 2 atom stereocenters. The molecule has 5 heteroatoms. The molecule has 2 heterocycles.